The van der Waals surface area contributed by atoms with E-state index in [0.717, 1.165) is 64.3 Å². The van der Waals surface area contributed by atoms with E-state index in [1.807, 2.05) is 0 Å². The molecule has 5 heteroatoms. The van der Waals surface area contributed by atoms with Crippen LogP contribution in [0.2, 0.25) is 0 Å². The van der Waals surface area contributed by atoms with Crippen LogP contribution in [-0.2, 0) is 0 Å². The third-order valence-electron chi connectivity index (χ3n) is 4.46. The van der Waals surface area contributed by atoms with E-state index in [9.17, 15) is 0 Å². The summed E-state index contributed by atoms with van der Waals surface area (Å²) < 4.78 is 0. The summed E-state index contributed by atoms with van der Waals surface area (Å²) in [5.41, 5.74) is 0. The molecule has 5 N–H and O–H groups in total. The van der Waals surface area contributed by atoms with Gasteiger partial charge in [-0.3, -0.25) is 0 Å². The van der Waals surface area contributed by atoms with Crippen molar-refractivity contribution in [2.24, 2.45) is 5.92 Å². The van der Waals surface area contributed by atoms with E-state index in [-0.39, 0.29) is 0 Å². The Hall–Kier alpha value is -0.200. The fourth-order valence-corrected chi connectivity index (χ4v) is 3.26. The van der Waals surface area contributed by atoms with E-state index in [2.05, 4.69) is 26.6 Å². The highest BCUT2D eigenvalue weighted by Gasteiger charge is 2.23. The monoisotopic (exact) mass is 283 g/mol. The Labute approximate surface area is 124 Å². The maximum atomic E-state index is 3.76. The van der Waals surface area contributed by atoms with Crippen LogP contribution in [0.4, 0.5) is 0 Å². The van der Waals surface area contributed by atoms with E-state index in [0.29, 0.717) is 0 Å². The van der Waals surface area contributed by atoms with E-state index in [1.165, 1.54) is 32.2 Å². The van der Waals surface area contributed by atoms with Gasteiger partial charge in [-0.05, 0) is 25.3 Å². The first-order valence-corrected chi connectivity index (χ1v) is 8.53. The minimum absolute atomic E-state index is 0.719. The maximum Gasteiger partial charge on any atom is 0.0108 e. The zero-order chi connectivity index (χ0) is 13.9. The molecule has 2 fully saturated rings. The maximum absolute atomic E-state index is 3.76. The molecule has 2 rings (SSSR count). The molecule has 2 aliphatic rings. The quantitative estimate of drug-likeness (QED) is 0.415. The Morgan fingerprint density at radius 2 is 1.10 bits per heavy atom. The van der Waals surface area contributed by atoms with Crippen LogP contribution in [0.1, 0.15) is 25.7 Å². The first-order valence-electron chi connectivity index (χ1n) is 8.53. The van der Waals surface area contributed by atoms with Gasteiger partial charge in [0.2, 0.25) is 0 Å². The average Bonchev–Trinajstić information content (AvgIpc) is 2.47. The number of nitrogens with one attached hydrogen (secondary N) is 5. The molecule has 1 heterocycles. The molecule has 0 amide bonds. The van der Waals surface area contributed by atoms with Gasteiger partial charge in [-0.2, -0.15) is 0 Å². The minimum Gasteiger partial charge on any atom is -0.315 e. The van der Waals surface area contributed by atoms with E-state index >= 15 is 0 Å². The fourth-order valence-electron chi connectivity index (χ4n) is 3.26. The molecule has 1 aliphatic carbocycles. The molecule has 0 bridgehead atoms. The second-order valence-corrected chi connectivity index (χ2v) is 6.06. The highest BCUT2D eigenvalue weighted by atomic mass is 15.0. The van der Waals surface area contributed by atoms with Crippen molar-refractivity contribution in [1.29, 1.82) is 0 Å². The molecule has 0 aromatic carbocycles. The van der Waals surface area contributed by atoms with Gasteiger partial charge in [-0.15, -0.1) is 0 Å². The number of hydrogen-bond donors (Lipinski definition) is 5. The Morgan fingerprint density at radius 3 is 1.80 bits per heavy atom. The third kappa shape index (κ3) is 6.50. The van der Waals surface area contributed by atoms with E-state index in [1.54, 1.807) is 0 Å². The number of rotatable bonds is 0. The van der Waals surface area contributed by atoms with Crippen LogP contribution in [0.3, 0.4) is 0 Å². The van der Waals surface area contributed by atoms with Crippen molar-refractivity contribution < 1.29 is 0 Å². The topological polar surface area (TPSA) is 60.1 Å². The molecule has 1 aliphatic heterocycles. The van der Waals surface area contributed by atoms with Crippen molar-refractivity contribution in [2.75, 3.05) is 58.9 Å². The SMILES string of the molecule is C1CCC2NCCNCCNCCNCCNCC2C1. The summed E-state index contributed by atoms with van der Waals surface area (Å²) in [5, 5.41) is 17.8. The molecular weight excluding hydrogens is 250 g/mol. The van der Waals surface area contributed by atoms with Crippen molar-refractivity contribution in [3.63, 3.8) is 0 Å². The Balaban J connectivity index is 1.72. The van der Waals surface area contributed by atoms with Gasteiger partial charge in [-0.25, -0.2) is 0 Å². The van der Waals surface area contributed by atoms with Crippen LogP contribution in [0.5, 0.6) is 0 Å². The molecule has 0 aromatic rings. The van der Waals surface area contributed by atoms with Crippen LogP contribution in [0.25, 0.3) is 0 Å². The van der Waals surface area contributed by atoms with Crippen molar-refractivity contribution in [3.05, 3.63) is 0 Å². The van der Waals surface area contributed by atoms with Crippen LogP contribution < -0.4 is 26.6 Å². The average molecular weight is 283 g/mol. The minimum atomic E-state index is 0.719. The lowest BCUT2D eigenvalue weighted by atomic mass is 9.84. The number of fused-ring (bicyclic) bond motifs is 1. The molecule has 1 saturated heterocycles. The summed E-state index contributed by atoms with van der Waals surface area (Å²) in [6.45, 7) is 9.77. The Morgan fingerprint density at radius 1 is 0.550 bits per heavy atom. The molecule has 0 radical (unpaired) electrons. The smallest absolute Gasteiger partial charge is 0.0108 e. The second kappa shape index (κ2) is 10.5. The van der Waals surface area contributed by atoms with Crippen LogP contribution in [0.15, 0.2) is 0 Å². The lowest BCUT2D eigenvalue weighted by Crippen LogP contribution is -2.46. The normalized spacial score (nSPS) is 32.4. The summed E-state index contributed by atoms with van der Waals surface area (Å²) >= 11 is 0. The largest absolute Gasteiger partial charge is 0.315 e. The van der Waals surface area contributed by atoms with Gasteiger partial charge in [0, 0.05) is 58.4 Å². The molecule has 0 aromatic heterocycles. The molecule has 0 spiro atoms. The summed E-state index contributed by atoms with van der Waals surface area (Å²) in [7, 11) is 0. The van der Waals surface area contributed by atoms with Gasteiger partial charge in [0.15, 0.2) is 0 Å². The van der Waals surface area contributed by atoms with Gasteiger partial charge in [0.25, 0.3) is 0 Å². The van der Waals surface area contributed by atoms with Gasteiger partial charge in [-0.1, -0.05) is 12.8 Å². The Kier molecular flexibility index (Phi) is 8.50. The molecule has 118 valence electrons. The fraction of sp³-hybridized carbons (Fsp3) is 1.00. The summed E-state index contributed by atoms with van der Waals surface area (Å²) in [5.74, 6) is 0.818. The lowest BCUT2D eigenvalue weighted by Gasteiger charge is -2.32. The number of hydrogen-bond acceptors (Lipinski definition) is 5. The molecule has 5 nitrogen and oxygen atoms in total. The van der Waals surface area contributed by atoms with Crippen molar-refractivity contribution in [3.8, 4) is 0 Å². The van der Waals surface area contributed by atoms with E-state index < -0.39 is 0 Å². The van der Waals surface area contributed by atoms with Crippen molar-refractivity contribution in [1.82, 2.24) is 26.6 Å². The standard InChI is InChI=1S/C15H33N5/c1-2-4-15-14(3-1)13-19-10-9-17-6-5-16-7-8-18-11-12-20-15/h14-20H,1-13H2. The summed E-state index contributed by atoms with van der Waals surface area (Å²) in [6, 6.07) is 0.719. The predicted octanol–water partition coefficient (Wildman–Crippen LogP) is -0.493. The molecule has 2 unspecified atom stereocenters. The van der Waals surface area contributed by atoms with Crippen LogP contribution in [0, 0.1) is 5.92 Å². The van der Waals surface area contributed by atoms with Crippen LogP contribution >= 0.6 is 0 Å². The summed E-state index contributed by atoms with van der Waals surface area (Å²) in [4.78, 5) is 0. The van der Waals surface area contributed by atoms with E-state index in [4.69, 9.17) is 0 Å². The van der Waals surface area contributed by atoms with Gasteiger partial charge < -0.3 is 26.6 Å². The molecule has 2 atom stereocenters. The third-order valence-corrected chi connectivity index (χ3v) is 4.46. The zero-order valence-corrected chi connectivity index (χ0v) is 12.8. The zero-order valence-electron chi connectivity index (χ0n) is 12.8. The van der Waals surface area contributed by atoms with Gasteiger partial charge >= 0.3 is 0 Å². The van der Waals surface area contributed by atoms with Crippen molar-refractivity contribution in [2.45, 2.75) is 31.7 Å². The van der Waals surface area contributed by atoms with Crippen molar-refractivity contribution >= 4 is 0 Å². The lowest BCUT2D eigenvalue weighted by molar-refractivity contribution is 0.255. The first kappa shape index (κ1) is 16.2. The predicted molar refractivity (Wildman–Crippen MR) is 85.2 cm³/mol. The Bertz CT molecular complexity index is 212. The molecule has 1 saturated carbocycles. The van der Waals surface area contributed by atoms with Gasteiger partial charge in [0.1, 0.15) is 0 Å². The molecular formula is C15H33N5. The van der Waals surface area contributed by atoms with Crippen LogP contribution in [-0.4, -0.2) is 64.9 Å². The van der Waals surface area contributed by atoms with Gasteiger partial charge in [0.05, 0.1) is 0 Å². The highest BCUT2D eigenvalue weighted by molar-refractivity contribution is 4.82. The summed E-state index contributed by atoms with van der Waals surface area (Å²) in [6.07, 6.45) is 5.54. The molecule has 20 heavy (non-hydrogen) atoms. The second-order valence-electron chi connectivity index (χ2n) is 6.06. The highest BCUT2D eigenvalue weighted by Crippen LogP contribution is 2.23. The first-order chi connectivity index (χ1) is 9.97.